The molecule has 0 amide bonds. The van der Waals surface area contributed by atoms with Crippen LogP contribution in [-0.2, 0) is 10.3 Å². The molecule has 0 spiro atoms. The molecule has 3 rings (SSSR count). The maximum atomic E-state index is 6.63. The van der Waals surface area contributed by atoms with Crippen LogP contribution >= 0.6 is 11.3 Å². The summed E-state index contributed by atoms with van der Waals surface area (Å²) in [6.45, 7) is 4.00. The number of nitrogens with two attached hydrogens (primary N) is 1. The standard InChI is InChI=1S/C15H24N2OS/c1-2-11-3-6-15(16,7-4-11)14-17-13(10-19-14)12-5-8-18-9-12/h10-12H,2-9,16H2,1H3. The van der Waals surface area contributed by atoms with E-state index in [1.807, 2.05) is 0 Å². The summed E-state index contributed by atoms with van der Waals surface area (Å²) in [7, 11) is 0. The van der Waals surface area contributed by atoms with Gasteiger partial charge in [0, 0.05) is 17.9 Å². The SMILES string of the molecule is CCC1CCC(N)(c2nc(C3CCOC3)cs2)CC1. The molecule has 2 heterocycles. The molecule has 1 aliphatic carbocycles. The zero-order valence-electron chi connectivity index (χ0n) is 11.7. The highest BCUT2D eigenvalue weighted by atomic mass is 32.1. The van der Waals surface area contributed by atoms with E-state index >= 15 is 0 Å². The molecule has 1 saturated heterocycles. The molecule has 106 valence electrons. The molecule has 1 aliphatic heterocycles. The van der Waals surface area contributed by atoms with Crippen LogP contribution in [0.5, 0.6) is 0 Å². The fourth-order valence-corrected chi connectivity index (χ4v) is 4.36. The van der Waals surface area contributed by atoms with E-state index in [0.717, 1.165) is 43.4 Å². The number of aromatic nitrogens is 1. The van der Waals surface area contributed by atoms with Crippen LogP contribution in [0.4, 0.5) is 0 Å². The zero-order valence-corrected chi connectivity index (χ0v) is 12.5. The molecule has 0 radical (unpaired) electrons. The van der Waals surface area contributed by atoms with Crippen molar-refractivity contribution in [3.8, 4) is 0 Å². The Bertz CT molecular complexity index is 418. The van der Waals surface area contributed by atoms with Crippen molar-refractivity contribution in [3.63, 3.8) is 0 Å². The molecule has 19 heavy (non-hydrogen) atoms. The van der Waals surface area contributed by atoms with Crippen LogP contribution in [-0.4, -0.2) is 18.2 Å². The van der Waals surface area contributed by atoms with Crippen LogP contribution in [0, 0.1) is 5.92 Å². The number of hydrogen-bond donors (Lipinski definition) is 1. The first-order valence-electron chi connectivity index (χ1n) is 7.54. The van der Waals surface area contributed by atoms with Gasteiger partial charge in [-0.05, 0) is 38.0 Å². The highest BCUT2D eigenvalue weighted by Crippen LogP contribution is 2.40. The second kappa shape index (κ2) is 5.51. The van der Waals surface area contributed by atoms with Gasteiger partial charge in [-0.2, -0.15) is 0 Å². The fraction of sp³-hybridized carbons (Fsp3) is 0.800. The number of nitrogens with zero attached hydrogens (tertiary/aromatic N) is 1. The summed E-state index contributed by atoms with van der Waals surface area (Å²) in [6, 6.07) is 0. The lowest BCUT2D eigenvalue weighted by atomic mass is 9.76. The van der Waals surface area contributed by atoms with Crippen LogP contribution in [0.25, 0.3) is 0 Å². The maximum Gasteiger partial charge on any atom is 0.113 e. The minimum atomic E-state index is -0.159. The Balaban J connectivity index is 1.71. The van der Waals surface area contributed by atoms with Gasteiger partial charge in [0.2, 0.25) is 0 Å². The average Bonchev–Trinajstić information content (AvgIpc) is 3.10. The second-order valence-electron chi connectivity index (χ2n) is 6.15. The van der Waals surface area contributed by atoms with E-state index in [1.54, 1.807) is 11.3 Å². The summed E-state index contributed by atoms with van der Waals surface area (Å²) in [5.74, 6) is 1.37. The monoisotopic (exact) mass is 280 g/mol. The summed E-state index contributed by atoms with van der Waals surface area (Å²) in [5.41, 5.74) is 7.68. The van der Waals surface area contributed by atoms with Gasteiger partial charge in [0.15, 0.2) is 0 Å². The van der Waals surface area contributed by atoms with E-state index in [2.05, 4.69) is 12.3 Å². The third kappa shape index (κ3) is 2.71. The highest BCUT2D eigenvalue weighted by Gasteiger charge is 2.35. The highest BCUT2D eigenvalue weighted by molar-refractivity contribution is 7.09. The molecule has 4 heteroatoms. The van der Waals surface area contributed by atoms with E-state index in [9.17, 15) is 0 Å². The van der Waals surface area contributed by atoms with Crippen molar-refractivity contribution in [1.82, 2.24) is 4.98 Å². The van der Waals surface area contributed by atoms with Crippen LogP contribution in [0.3, 0.4) is 0 Å². The van der Waals surface area contributed by atoms with Gasteiger partial charge in [0.05, 0.1) is 17.8 Å². The van der Waals surface area contributed by atoms with Gasteiger partial charge in [0.25, 0.3) is 0 Å². The van der Waals surface area contributed by atoms with Gasteiger partial charge < -0.3 is 10.5 Å². The molecular weight excluding hydrogens is 256 g/mol. The van der Waals surface area contributed by atoms with Crippen molar-refractivity contribution in [1.29, 1.82) is 0 Å². The number of rotatable bonds is 3. The molecule has 2 aliphatic rings. The fourth-order valence-electron chi connectivity index (χ4n) is 3.28. The Morgan fingerprint density at radius 2 is 2.21 bits per heavy atom. The predicted molar refractivity (Wildman–Crippen MR) is 78.4 cm³/mol. The molecule has 1 aromatic heterocycles. The lowest BCUT2D eigenvalue weighted by molar-refractivity contribution is 0.193. The molecule has 2 fully saturated rings. The lowest BCUT2D eigenvalue weighted by Gasteiger charge is -2.35. The molecule has 1 atom stereocenters. The Hall–Kier alpha value is -0.450. The van der Waals surface area contributed by atoms with Crippen LogP contribution in [0.15, 0.2) is 5.38 Å². The normalized spacial score (nSPS) is 35.7. The van der Waals surface area contributed by atoms with E-state index in [4.69, 9.17) is 15.5 Å². The Kier molecular flexibility index (Phi) is 3.92. The first-order valence-corrected chi connectivity index (χ1v) is 8.42. The van der Waals surface area contributed by atoms with Crippen molar-refractivity contribution >= 4 is 11.3 Å². The van der Waals surface area contributed by atoms with Crippen molar-refractivity contribution in [3.05, 3.63) is 16.1 Å². The molecular formula is C15H24N2OS. The third-order valence-corrected chi connectivity index (χ3v) is 5.95. The molecule has 1 aromatic rings. The second-order valence-corrected chi connectivity index (χ2v) is 7.00. The van der Waals surface area contributed by atoms with Crippen LogP contribution < -0.4 is 5.73 Å². The summed E-state index contributed by atoms with van der Waals surface area (Å²) in [4.78, 5) is 4.85. The van der Waals surface area contributed by atoms with E-state index < -0.39 is 0 Å². The molecule has 1 saturated carbocycles. The van der Waals surface area contributed by atoms with Crippen LogP contribution in [0.2, 0.25) is 0 Å². The summed E-state index contributed by atoms with van der Waals surface area (Å²) < 4.78 is 5.45. The van der Waals surface area contributed by atoms with Gasteiger partial charge in [0.1, 0.15) is 5.01 Å². The van der Waals surface area contributed by atoms with Crippen LogP contribution in [0.1, 0.15) is 62.1 Å². The zero-order chi connectivity index (χ0) is 13.3. The predicted octanol–water partition coefficient (Wildman–Crippen LogP) is 3.40. The number of hydrogen-bond acceptors (Lipinski definition) is 4. The quantitative estimate of drug-likeness (QED) is 0.923. The Morgan fingerprint density at radius 3 is 2.84 bits per heavy atom. The van der Waals surface area contributed by atoms with E-state index in [-0.39, 0.29) is 5.54 Å². The molecule has 1 unspecified atom stereocenters. The molecule has 2 N–H and O–H groups in total. The minimum absolute atomic E-state index is 0.159. The molecule has 0 bridgehead atoms. The summed E-state index contributed by atoms with van der Waals surface area (Å²) in [5, 5.41) is 3.36. The Labute approximate surface area is 119 Å². The first-order chi connectivity index (χ1) is 9.21. The molecule has 0 aromatic carbocycles. The van der Waals surface area contributed by atoms with Gasteiger partial charge in [-0.1, -0.05) is 13.3 Å². The van der Waals surface area contributed by atoms with E-state index in [0.29, 0.717) is 5.92 Å². The van der Waals surface area contributed by atoms with Gasteiger partial charge >= 0.3 is 0 Å². The Morgan fingerprint density at radius 1 is 1.42 bits per heavy atom. The van der Waals surface area contributed by atoms with Crippen molar-refractivity contribution in [2.45, 2.75) is 56.9 Å². The summed E-state index contributed by atoms with van der Waals surface area (Å²) >= 11 is 1.76. The number of thiazole rings is 1. The van der Waals surface area contributed by atoms with Crippen molar-refractivity contribution < 1.29 is 4.74 Å². The maximum absolute atomic E-state index is 6.63. The first kappa shape index (κ1) is 13.5. The number of ether oxygens (including phenoxy) is 1. The largest absolute Gasteiger partial charge is 0.381 e. The molecule has 3 nitrogen and oxygen atoms in total. The minimum Gasteiger partial charge on any atom is -0.381 e. The average molecular weight is 280 g/mol. The topological polar surface area (TPSA) is 48.1 Å². The van der Waals surface area contributed by atoms with Gasteiger partial charge in [-0.3, -0.25) is 0 Å². The summed E-state index contributed by atoms with van der Waals surface area (Å²) in [6.07, 6.45) is 7.11. The van der Waals surface area contributed by atoms with Gasteiger partial charge in [-0.25, -0.2) is 4.98 Å². The van der Waals surface area contributed by atoms with E-state index in [1.165, 1.54) is 25.0 Å². The van der Waals surface area contributed by atoms with Crippen molar-refractivity contribution in [2.75, 3.05) is 13.2 Å². The van der Waals surface area contributed by atoms with Crippen molar-refractivity contribution in [2.24, 2.45) is 11.7 Å². The van der Waals surface area contributed by atoms with Gasteiger partial charge in [-0.15, -0.1) is 11.3 Å². The lowest BCUT2D eigenvalue weighted by Crippen LogP contribution is -2.40. The smallest absolute Gasteiger partial charge is 0.113 e. The third-order valence-electron chi connectivity index (χ3n) is 4.87.